The van der Waals surface area contributed by atoms with Crippen molar-refractivity contribution in [3.8, 4) is 5.75 Å². The van der Waals surface area contributed by atoms with Gasteiger partial charge >= 0.3 is 0 Å². The first kappa shape index (κ1) is 27.5. The Morgan fingerprint density at radius 3 is 2.35 bits per heavy atom. The van der Waals surface area contributed by atoms with Gasteiger partial charge in [0.05, 0.1) is 18.0 Å². The Hall–Kier alpha value is -2.58. The molecule has 0 radical (unpaired) electrons. The second kappa shape index (κ2) is 12.3. The van der Waals surface area contributed by atoms with E-state index in [0.29, 0.717) is 25.3 Å². The Balaban J connectivity index is 1.35. The summed E-state index contributed by atoms with van der Waals surface area (Å²) in [6.45, 7) is 7.61. The van der Waals surface area contributed by atoms with Crippen LogP contribution in [-0.4, -0.2) is 51.9 Å². The zero-order chi connectivity index (χ0) is 26.4. The van der Waals surface area contributed by atoms with E-state index in [1.165, 1.54) is 18.5 Å². The summed E-state index contributed by atoms with van der Waals surface area (Å²) in [5.41, 5.74) is 3.03. The third-order valence-electron chi connectivity index (χ3n) is 7.75. The number of nitrogens with zero attached hydrogens (tertiary/aromatic N) is 2. The molecule has 1 N–H and O–H groups in total. The first-order valence-electron chi connectivity index (χ1n) is 13.6. The highest BCUT2D eigenvalue weighted by molar-refractivity contribution is 7.89. The predicted molar refractivity (Wildman–Crippen MR) is 148 cm³/mol. The van der Waals surface area contributed by atoms with Crippen molar-refractivity contribution in [2.75, 3.05) is 38.2 Å². The first-order valence-corrected chi connectivity index (χ1v) is 15.0. The molecule has 2 aromatic rings. The van der Waals surface area contributed by atoms with Gasteiger partial charge in [-0.05, 0) is 86.4 Å². The lowest BCUT2D eigenvalue weighted by Crippen LogP contribution is -2.35. The topological polar surface area (TPSA) is 79.0 Å². The van der Waals surface area contributed by atoms with E-state index < -0.39 is 10.0 Å². The summed E-state index contributed by atoms with van der Waals surface area (Å²) in [4.78, 5) is 15.5. The molecule has 202 valence electrons. The normalized spacial score (nSPS) is 18.4. The van der Waals surface area contributed by atoms with Gasteiger partial charge in [0.15, 0.2) is 0 Å². The van der Waals surface area contributed by atoms with Crippen molar-refractivity contribution < 1.29 is 17.9 Å². The van der Waals surface area contributed by atoms with Crippen LogP contribution in [0.15, 0.2) is 47.4 Å². The fourth-order valence-corrected chi connectivity index (χ4v) is 6.82. The molecule has 2 fully saturated rings. The van der Waals surface area contributed by atoms with Crippen LogP contribution < -0.4 is 15.0 Å². The highest BCUT2D eigenvalue weighted by Crippen LogP contribution is 2.28. The average Bonchev–Trinajstić information content (AvgIpc) is 2.92. The van der Waals surface area contributed by atoms with Gasteiger partial charge in [-0.3, -0.25) is 4.79 Å². The summed E-state index contributed by atoms with van der Waals surface area (Å²) in [5.74, 6) is 1.32. The molecule has 1 unspecified atom stereocenters. The van der Waals surface area contributed by atoms with E-state index in [4.69, 9.17) is 4.74 Å². The molecule has 7 nitrogen and oxygen atoms in total. The number of carbonyl (C=O) groups excluding carboxylic acids is 1. The lowest BCUT2D eigenvalue weighted by Gasteiger charge is -2.32. The number of hydrogen-bond donors (Lipinski definition) is 1. The summed E-state index contributed by atoms with van der Waals surface area (Å²) in [6.07, 6.45) is 5.95. The van der Waals surface area contributed by atoms with Crippen LogP contribution in [0.25, 0.3) is 0 Å². The summed E-state index contributed by atoms with van der Waals surface area (Å²) in [5, 5.41) is 3.09. The van der Waals surface area contributed by atoms with Crippen LogP contribution in [0, 0.1) is 5.92 Å². The van der Waals surface area contributed by atoms with Crippen LogP contribution in [0.3, 0.4) is 0 Å². The standard InChI is InChI=1S/C29H41N3O4S/c1-22-15-19-31(20-16-22)26-10-7-24(8-11-26)23(2)30-29(33)14-9-25-21-27(12-13-28(25)36-3)37(34,35)32-17-5-4-6-18-32/h7-8,10-13,21-23H,4-6,9,14-20H2,1-3H3,(H,30,33). The molecular formula is C29H41N3O4S. The summed E-state index contributed by atoms with van der Waals surface area (Å²) < 4.78 is 33.3. The maximum Gasteiger partial charge on any atom is 0.243 e. The van der Waals surface area contributed by atoms with E-state index in [0.717, 1.165) is 49.4 Å². The minimum atomic E-state index is -3.54. The molecule has 2 aliphatic heterocycles. The molecule has 1 amide bonds. The molecular weight excluding hydrogens is 486 g/mol. The average molecular weight is 528 g/mol. The molecule has 0 aliphatic carbocycles. The number of amides is 1. The van der Waals surface area contributed by atoms with Crippen molar-refractivity contribution in [3.63, 3.8) is 0 Å². The molecule has 37 heavy (non-hydrogen) atoms. The highest BCUT2D eigenvalue weighted by Gasteiger charge is 2.27. The molecule has 2 heterocycles. The number of aryl methyl sites for hydroxylation is 1. The molecule has 4 rings (SSSR count). The fraction of sp³-hybridized carbons (Fsp3) is 0.552. The molecule has 2 saturated heterocycles. The summed E-state index contributed by atoms with van der Waals surface area (Å²) >= 11 is 0. The van der Waals surface area contributed by atoms with Crippen molar-refractivity contribution in [2.24, 2.45) is 5.92 Å². The Morgan fingerprint density at radius 2 is 1.70 bits per heavy atom. The number of rotatable bonds is 9. The quantitative estimate of drug-likeness (QED) is 0.501. The predicted octanol–water partition coefficient (Wildman–Crippen LogP) is 4.92. The third-order valence-corrected chi connectivity index (χ3v) is 9.64. The zero-order valence-electron chi connectivity index (χ0n) is 22.4. The number of ether oxygens (including phenoxy) is 1. The van der Waals surface area contributed by atoms with E-state index >= 15 is 0 Å². The van der Waals surface area contributed by atoms with Gasteiger partial charge in [0.2, 0.25) is 15.9 Å². The van der Waals surface area contributed by atoms with Gasteiger partial charge in [-0.15, -0.1) is 0 Å². The Bertz CT molecular complexity index is 1150. The SMILES string of the molecule is COc1ccc(S(=O)(=O)N2CCCCC2)cc1CCC(=O)NC(C)c1ccc(N2CCC(C)CC2)cc1. The number of methoxy groups -OCH3 is 1. The molecule has 8 heteroatoms. The highest BCUT2D eigenvalue weighted by atomic mass is 32.2. The zero-order valence-corrected chi connectivity index (χ0v) is 23.2. The van der Waals surface area contributed by atoms with Crippen LogP contribution in [-0.2, 0) is 21.2 Å². The number of anilines is 1. The van der Waals surface area contributed by atoms with E-state index in [9.17, 15) is 13.2 Å². The van der Waals surface area contributed by atoms with Gasteiger partial charge in [0.1, 0.15) is 5.75 Å². The number of hydrogen-bond acceptors (Lipinski definition) is 5. The van der Waals surface area contributed by atoms with Crippen molar-refractivity contribution in [3.05, 3.63) is 53.6 Å². The molecule has 2 aliphatic rings. The molecule has 0 bridgehead atoms. The summed E-state index contributed by atoms with van der Waals surface area (Å²) in [7, 11) is -1.98. The minimum Gasteiger partial charge on any atom is -0.496 e. The minimum absolute atomic E-state index is 0.0760. The number of nitrogens with one attached hydrogen (secondary N) is 1. The van der Waals surface area contributed by atoms with Gasteiger partial charge in [0.25, 0.3) is 0 Å². The van der Waals surface area contributed by atoms with E-state index in [1.807, 2.05) is 6.92 Å². The molecule has 2 aromatic carbocycles. The van der Waals surface area contributed by atoms with Gasteiger partial charge in [-0.25, -0.2) is 8.42 Å². The lowest BCUT2D eigenvalue weighted by atomic mass is 9.98. The Morgan fingerprint density at radius 1 is 1.03 bits per heavy atom. The second-order valence-corrected chi connectivity index (χ2v) is 12.4. The van der Waals surface area contributed by atoms with Crippen molar-refractivity contribution in [2.45, 2.75) is 69.7 Å². The number of benzene rings is 2. The summed E-state index contributed by atoms with van der Waals surface area (Å²) in [6, 6.07) is 13.3. The van der Waals surface area contributed by atoms with Gasteiger partial charge in [-0.1, -0.05) is 25.5 Å². The molecule has 0 aromatic heterocycles. The van der Waals surface area contributed by atoms with Crippen LogP contribution in [0.5, 0.6) is 5.75 Å². The number of carbonyl (C=O) groups is 1. The smallest absolute Gasteiger partial charge is 0.243 e. The van der Waals surface area contributed by atoms with Gasteiger partial charge in [-0.2, -0.15) is 4.31 Å². The van der Waals surface area contributed by atoms with Gasteiger partial charge in [0, 0.05) is 38.3 Å². The Kier molecular flexibility index (Phi) is 9.13. The van der Waals surface area contributed by atoms with Crippen LogP contribution in [0.2, 0.25) is 0 Å². The largest absolute Gasteiger partial charge is 0.496 e. The van der Waals surface area contributed by atoms with Crippen molar-refractivity contribution >= 4 is 21.6 Å². The van der Waals surface area contributed by atoms with Crippen molar-refractivity contribution in [1.29, 1.82) is 0 Å². The molecule has 1 atom stereocenters. The monoisotopic (exact) mass is 527 g/mol. The van der Waals surface area contributed by atoms with E-state index in [1.54, 1.807) is 29.6 Å². The van der Waals surface area contributed by atoms with E-state index in [2.05, 4.69) is 41.4 Å². The first-order chi connectivity index (χ1) is 17.8. The fourth-order valence-electron chi connectivity index (χ4n) is 5.25. The lowest BCUT2D eigenvalue weighted by molar-refractivity contribution is -0.121. The molecule has 0 spiro atoms. The molecule has 0 saturated carbocycles. The van der Waals surface area contributed by atoms with Crippen LogP contribution in [0.1, 0.15) is 69.5 Å². The van der Waals surface area contributed by atoms with Crippen LogP contribution in [0.4, 0.5) is 5.69 Å². The van der Waals surface area contributed by atoms with Crippen molar-refractivity contribution in [1.82, 2.24) is 9.62 Å². The maximum absolute atomic E-state index is 13.1. The van der Waals surface area contributed by atoms with Crippen LogP contribution >= 0.6 is 0 Å². The number of piperidine rings is 2. The van der Waals surface area contributed by atoms with Gasteiger partial charge < -0.3 is 15.0 Å². The van der Waals surface area contributed by atoms with E-state index in [-0.39, 0.29) is 23.3 Å². The second-order valence-electron chi connectivity index (χ2n) is 10.5. The number of sulfonamides is 1. The maximum atomic E-state index is 13.1. The third kappa shape index (κ3) is 6.85. The Labute approximate surface area is 222 Å².